The van der Waals surface area contributed by atoms with Crippen LogP contribution in [0.5, 0.6) is 5.75 Å². The maximum absolute atomic E-state index is 11.8. The third-order valence-corrected chi connectivity index (χ3v) is 5.42. The summed E-state index contributed by atoms with van der Waals surface area (Å²) in [6.45, 7) is 0. The van der Waals surface area contributed by atoms with E-state index < -0.39 is 47.2 Å². The molecule has 0 aliphatic carbocycles. The van der Waals surface area contributed by atoms with Gasteiger partial charge in [-0.2, -0.15) is 21.9 Å². The van der Waals surface area contributed by atoms with Gasteiger partial charge < -0.3 is 10.8 Å². The molecular weight excluding hydrogens is 410 g/mol. The van der Waals surface area contributed by atoms with Crippen molar-refractivity contribution in [3.8, 4) is 5.75 Å². The van der Waals surface area contributed by atoms with Crippen LogP contribution in [0, 0.1) is 0 Å². The zero-order chi connectivity index (χ0) is 20.7. The molecule has 0 aromatic heterocycles. The SMILES string of the molecule is [NH]c1cc(S(=O)(=O)O)cc2cc(S(=O)(=O)O)c(N=Nc3ccccc3)c(O)c12. The van der Waals surface area contributed by atoms with Crippen molar-refractivity contribution in [1.82, 2.24) is 5.73 Å². The standard InChI is InChI=1S/C16H12N3O7S2/c17-12-8-11(27(21,22)23)6-9-7-13(28(24,25)26)15(16(20)14(9)12)19-18-10-4-2-1-3-5-10/h1-8,17,20H,(H,21,22,23)(H,24,25,26). The van der Waals surface area contributed by atoms with Gasteiger partial charge in [0.1, 0.15) is 10.6 Å². The second-order valence-corrected chi connectivity index (χ2v) is 8.44. The van der Waals surface area contributed by atoms with Crippen molar-refractivity contribution in [2.75, 3.05) is 0 Å². The number of benzene rings is 3. The largest absolute Gasteiger partial charge is 0.505 e. The van der Waals surface area contributed by atoms with E-state index in [1.165, 1.54) is 0 Å². The van der Waals surface area contributed by atoms with Crippen LogP contribution >= 0.6 is 0 Å². The molecule has 1 radical (unpaired) electrons. The fourth-order valence-electron chi connectivity index (χ4n) is 2.50. The van der Waals surface area contributed by atoms with Gasteiger partial charge in [-0.3, -0.25) is 9.11 Å². The number of aromatic hydroxyl groups is 1. The van der Waals surface area contributed by atoms with Crippen LogP contribution in [0.3, 0.4) is 0 Å². The van der Waals surface area contributed by atoms with E-state index in [9.17, 15) is 26.5 Å². The van der Waals surface area contributed by atoms with Crippen LogP contribution in [0.25, 0.3) is 10.8 Å². The minimum absolute atomic E-state index is 0.219. The Bertz CT molecular complexity index is 1320. The van der Waals surface area contributed by atoms with Gasteiger partial charge in [0.05, 0.1) is 21.7 Å². The number of azo groups is 1. The highest BCUT2D eigenvalue weighted by molar-refractivity contribution is 7.86. The Labute approximate surface area is 159 Å². The molecule has 0 atom stereocenters. The van der Waals surface area contributed by atoms with Crippen molar-refractivity contribution in [1.29, 1.82) is 0 Å². The van der Waals surface area contributed by atoms with Gasteiger partial charge in [-0.15, -0.1) is 5.11 Å². The van der Waals surface area contributed by atoms with Gasteiger partial charge >= 0.3 is 0 Å². The number of phenols is 1. The molecular formula is C16H12N3O7S2. The van der Waals surface area contributed by atoms with E-state index in [0.29, 0.717) is 5.69 Å². The molecule has 0 fully saturated rings. The summed E-state index contributed by atoms with van der Waals surface area (Å²) in [6, 6.07) is 10.6. The molecule has 3 aromatic rings. The number of hydrogen-bond acceptors (Lipinski definition) is 7. The summed E-state index contributed by atoms with van der Waals surface area (Å²) in [5.74, 6) is -0.795. The van der Waals surface area contributed by atoms with Gasteiger partial charge in [-0.05, 0) is 35.7 Å². The number of phenolic OH excluding ortho intramolecular Hbond substituents is 1. The van der Waals surface area contributed by atoms with Crippen molar-refractivity contribution in [3.05, 3.63) is 48.5 Å². The van der Waals surface area contributed by atoms with E-state index in [2.05, 4.69) is 10.2 Å². The first kappa shape index (κ1) is 19.7. The summed E-state index contributed by atoms with van der Waals surface area (Å²) in [6.07, 6.45) is 0. The molecule has 10 nitrogen and oxygen atoms in total. The van der Waals surface area contributed by atoms with Crippen molar-refractivity contribution in [2.24, 2.45) is 10.2 Å². The first-order valence-corrected chi connectivity index (χ1v) is 10.3. The maximum Gasteiger partial charge on any atom is 0.296 e. The molecule has 0 heterocycles. The van der Waals surface area contributed by atoms with Crippen LogP contribution in [0.1, 0.15) is 0 Å². The summed E-state index contributed by atoms with van der Waals surface area (Å²) in [5, 5.41) is 17.5. The van der Waals surface area contributed by atoms with Crippen molar-refractivity contribution in [3.63, 3.8) is 0 Å². The molecule has 3 rings (SSSR count). The Morgan fingerprint density at radius 2 is 1.50 bits per heavy atom. The van der Waals surface area contributed by atoms with Gasteiger partial charge in [-0.25, -0.2) is 0 Å². The number of nitrogens with one attached hydrogen (secondary N) is 1. The number of nitrogens with zero attached hydrogens (tertiary/aromatic N) is 2. The first-order valence-electron chi connectivity index (χ1n) is 7.45. The molecule has 0 saturated carbocycles. The maximum atomic E-state index is 11.8. The molecule has 3 aromatic carbocycles. The lowest BCUT2D eigenvalue weighted by Crippen LogP contribution is -2.01. The van der Waals surface area contributed by atoms with Gasteiger partial charge in [-0.1, -0.05) is 18.2 Å². The molecule has 0 amide bonds. The lowest BCUT2D eigenvalue weighted by Gasteiger charge is -2.11. The minimum atomic E-state index is -4.90. The third kappa shape index (κ3) is 3.80. The first-order chi connectivity index (χ1) is 13.0. The molecule has 0 aliphatic heterocycles. The van der Waals surface area contributed by atoms with Crippen LogP contribution in [0.4, 0.5) is 17.1 Å². The molecule has 0 saturated heterocycles. The van der Waals surface area contributed by atoms with E-state index in [1.807, 2.05) is 0 Å². The average Bonchev–Trinajstić information content (AvgIpc) is 2.59. The Hall–Kier alpha value is -3.06. The van der Waals surface area contributed by atoms with Crippen molar-refractivity contribution in [2.45, 2.75) is 9.79 Å². The Balaban J connectivity index is 2.36. The van der Waals surface area contributed by atoms with Crippen molar-refractivity contribution >= 4 is 48.1 Å². The fourth-order valence-corrected chi connectivity index (χ4v) is 3.70. The summed E-state index contributed by atoms with van der Waals surface area (Å²) < 4.78 is 64.8. The average molecular weight is 422 g/mol. The lowest BCUT2D eigenvalue weighted by molar-refractivity contribution is 0.472. The highest BCUT2D eigenvalue weighted by Crippen LogP contribution is 2.44. The molecule has 0 bridgehead atoms. The number of rotatable bonds is 4. The molecule has 0 aliphatic rings. The van der Waals surface area contributed by atoms with Gasteiger partial charge in [0.25, 0.3) is 20.2 Å². The second kappa shape index (κ2) is 6.83. The van der Waals surface area contributed by atoms with E-state index in [4.69, 9.17) is 10.3 Å². The molecule has 0 unspecified atom stereocenters. The fraction of sp³-hybridized carbons (Fsp3) is 0. The Kier molecular flexibility index (Phi) is 4.81. The molecule has 145 valence electrons. The second-order valence-electron chi connectivity index (χ2n) is 5.63. The summed E-state index contributed by atoms with van der Waals surface area (Å²) >= 11 is 0. The highest BCUT2D eigenvalue weighted by atomic mass is 32.2. The Morgan fingerprint density at radius 3 is 2.07 bits per heavy atom. The third-order valence-electron chi connectivity index (χ3n) is 3.72. The van der Waals surface area contributed by atoms with Gasteiger partial charge in [0.15, 0.2) is 5.75 Å². The summed E-state index contributed by atoms with van der Waals surface area (Å²) in [5.41, 5.74) is 7.12. The quantitative estimate of drug-likeness (QED) is 0.426. The van der Waals surface area contributed by atoms with Gasteiger partial charge in [0, 0.05) is 0 Å². The topological polar surface area (TPSA) is 177 Å². The van der Waals surface area contributed by atoms with Crippen LogP contribution in [-0.2, 0) is 20.2 Å². The van der Waals surface area contributed by atoms with Gasteiger partial charge in [0.2, 0.25) is 0 Å². The van der Waals surface area contributed by atoms with Crippen LogP contribution in [0.2, 0.25) is 0 Å². The predicted octanol–water partition coefficient (Wildman–Crippen LogP) is 3.37. The van der Waals surface area contributed by atoms with E-state index >= 15 is 0 Å². The minimum Gasteiger partial charge on any atom is -0.505 e. The number of fused-ring (bicyclic) bond motifs is 1. The predicted molar refractivity (Wildman–Crippen MR) is 98.6 cm³/mol. The molecule has 0 spiro atoms. The molecule has 4 N–H and O–H groups in total. The normalized spacial score (nSPS) is 12.6. The van der Waals surface area contributed by atoms with Crippen LogP contribution in [-0.4, -0.2) is 31.0 Å². The Morgan fingerprint density at radius 1 is 0.857 bits per heavy atom. The van der Waals surface area contributed by atoms with Crippen LogP contribution < -0.4 is 5.73 Å². The van der Waals surface area contributed by atoms with E-state index in [1.54, 1.807) is 30.3 Å². The summed E-state index contributed by atoms with van der Waals surface area (Å²) in [7, 11) is -9.59. The lowest BCUT2D eigenvalue weighted by atomic mass is 10.1. The smallest absolute Gasteiger partial charge is 0.296 e. The number of hydrogen-bond donors (Lipinski definition) is 3. The zero-order valence-corrected chi connectivity index (χ0v) is 15.4. The zero-order valence-electron chi connectivity index (χ0n) is 13.8. The van der Waals surface area contributed by atoms with Crippen molar-refractivity contribution < 1.29 is 31.0 Å². The van der Waals surface area contributed by atoms with Crippen LogP contribution in [0.15, 0.2) is 68.6 Å². The summed E-state index contributed by atoms with van der Waals surface area (Å²) in [4.78, 5) is -1.52. The monoisotopic (exact) mass is 422 g/mol. The van der Waals surface area contributed by atoms with E-state index in [-0.39, 0.29) is 10.8 Å². The molecule has 28 heavy (non-hydrogen) atoms. The molecule has 12 heteroatoms. The highest BCUT2D eigenvalue weighted by Gasteiger charge is 2.24. The van der Waals surface area contributed by atoms with E-state index in [0.717, 1.165) is 18.2 Å².